The van der Waals surface area contributed by atoms with Gasteiger partial charge in [0.15, 0.2) is 0 Å². The monoisotopic (exact) mass is 496 g/mol. The van der Waals surface area contributed by atoms with E-state index >= 15 is 0 Å². The lowest BCUT2D eigenvalue weighted by Gasteiger charge is -2.44. The molecule has 188 valence electrons. The van der Waals surface area contributed by atoms with E-state index in [0.29, 0.717) is 13.0 Å². The first-order valence-corrected chi connectivity index (χ1v) is 13.8. The van der Waals surface area contributed by atoms with E-state index in [4.69, 9.17) is 4.74 Å². The Morgan fingerprint density at radius 3 is 2.05 bits per heavy atom. The molecule has 0 saturated carbocycles. The van der Waals surface area contributed by atoms with Gasteiger partial charge in [0, 0.05) is 5.57 Å². The van der Waals surface area contributed by atoms with Gasteiger partial charge in [-0.1, -0.05) is 135 Å². The van der Waals surface area contributed by atoms with Gasteiger partial charge in [0.1, 0.15) is 11.7 Å². The van der Waals surface area contributed by atoms with Crippen molar-refractivity contribution in [3.63, 3.8) is 0 Å². The first-order valence-electron chi connectivity index (χ1n) is 13.8. The Hall–Kier alpha value is -3.72. The molecule has 3 aliphatic rings. The van der Waals surface area contributed by atoms with Crippen LogP contribution >= 0.6 is 0 Å². The Balaban J connectivity index is 1.56. The molecule has 4 aromatic rings. The zero-order valence-electron chi connectivity index (χ0n) is 21.7. The van der Waals surface area contributed by atoms with Crippen LogP contribution < -0.4 is 0 Å². The summed E-state index contributed by atoms with van der Waals surface area (Å²) in [6.07, 6.45) is 4.88. The maximum atomic E-state index is 12.7. The summed E-state index contributed by atoms with van der Waals surface area (Å²) in [5.41, 5.74) is 8.71. The standard InChI is InChI=1S/C36H32O2/c1-2-3-22-36(37)31-21-13-12-20-29(31)32-27-18-10-11-19-28(27)34-30(33(32)36)23-35(24-38-34,25-14-6-4-7-15-25)26-16-8-5-9-17-26/h4-21,23,34,37H,2-3,22,24H2,1H3. The molecule has 2 nitrogen and oxygen atoms in total. The summed E-state index contributed by atoms with van der Waals surface area (Å²) in [5.74, 6) is 0. The summed E-state index contributed by atoms with van der Waals surface area (Å²) in [6, 6.07) is 38.4. The minimum atomic E-state index is -1.06. The van der Waals surface area contributed by atoms with Crippen LogP contribution in [0.4, 0.5) is 0 Å². The molecule has 0 amide bonds. The molecule has 0 aromatic heterocycles. The van der Waals surface area contributed by atoms with Gasteiger partial charge >= 0.3 is 0 Å². The molecule has 2 atom stereocenters. The summed E-state index contributed by atoms with van der Waals surface area (Å²) < 4.78 is 6.92. The van der Waals surface area contributed by atoms with Crippen molar-refractivity contribution in [3.8, 4) is 0 Å². The fourth-order valence-electron chi connectivity index (χ4n) is 6.97. The number of hydrogen-bond donors (Lipinski definition) is 1. The molecule has 1 N–H and O–H groups in total. The molecule has 4 aromatic carbocycles. The lowest BCUT2D eigenvalue weighted by Crippen LogP contribution is -2.40. The van der Waals surface area contributed by atoms with E-state index in [2.05, 4.69) is 122 Å². The molecule has 1 aliphatic heterocycles. The number of aliphatic hydroxyl groups is 1. The molecule has 2 aliphatic carbocycles. The van der Waals surface area contributed by atoms with Crippen molar-refractivity contribution >= 4 is 5.57 Å². The average Bonchev–Trinajstić information content (AvgIpc) is 3.26. The van der Waals surface area contributed by atoms with Gasteiger partial charge in [-0.25, -0.2) is 0 Å². The maximum Gasteiger partial charge on any atom is 0.116 e. The fraction of sp³-hybridized carbons (Fsp3) is 0.222. The minimum absolute atomic E-state index is 0.215. The smallest absolute Gasteiger partial charge is 0.116 e. The van der Waals surface area contributed by atoms with Crippen molar-refractivity contribution in [1.29, 1.82) is 0 Å². The Morgan fingerprint density at radius 2 is 1.37 bits per heavy atom. The van der Waals surface area contributed by atoms with Gasteiger partial charge in [-0.05, 0) is 50.9 Å². The summed E-state index contributed by atoms with van der Waals surface area (Å²) in [7, 11) is 0. The highest BCUT2D eigenvalue weighted by atomic mass is 16.5. The van der Waals surface area contributed by atoms with Crippen LogP contribution in [0.25, 0.3) is 5.57 Å². The lowest BCUT2D eigenvalue weighted by atomic mass is 9.67. The minimum Gasteiger partial charge on any atom is -0.380 e. The van der Waals surface area contributed by atoms with E-state index in [1.165, 1.54) is 22.3 Å². The quantitative estimate of drug-likeness (QED) is 0.305. The molecular formula is C36H32O2. The summed E-state index contributed by atoms with van der Waals surface area (Å²) >= 11 is 0. The van der Waals surface area contributed by atoms with Crippen LogP contribution in [0.2, 0.25) is 0 Å². The molecule has 0 fully saturated rings. The lowest BCUT2D eigenvalue weighted by molar-refractivity contribution is 0.0296. The van der Waals surface area contributed by atoms with E-state index in [0.717, 1.165) is 40.7 Å². The highest BCUT2D eigenvalue weighted by Crippen LogP contribution is 2.60. The van der Waals surface area contributed by atoms with E-state index in [-0.39, 0.29) is 6.10 Å². The molecule has 0 spiro atoms. The first kappa shape index (κ1) is 23.4. The summed E-state index contributed by atoms with van der Waals surface area (Å²) in [6.45, 7) is 2.73. The summed E-state index contributed by atoms with van der Waals surface area (Å²) in [5, 5.41) is 12.7. The van der Waals surface area contributed by atoms with Crippen LogP contribution in [0.3, 0.4) is 0 Å². The second kappa shape index (κ2) is 8.94. The largest absolute Gasteiger partial charge is 0.380 e. The van der Waals surface area contributed by atoms with Crippen molar-refractivity contribution in [1.82, 2.24) is 0 Å². The third-order valence-electron chi connectivity index (χ3n) is 8.74. The van der Waals surface area contributed by atoms with E-state index < -0.39 is 11.0 Å². The average molecular weight is 497 g/mol. The predicted octanol–water partition coefficient (Wildman–Crippen LogP) is 7.88. The number of ether oxygens (including phenoxy) is 1. The SMILES string of the molecule is CCCCC1(O)C2=C(c3ccccc3C3OCC(c4ccccc4)(c4ccccc4)C=C23)c2ccccc21. The molecular weight excluding hydrogens is 464 g/mol. The maximum absolute atomic E-state index is 12.7. The van der Waals surface area contributed by atoms with Crippen molar-refractivity contribution < 1.29 is 9.84 Å². The van der Waals surface area contributed by atoms with Gasteiger partial charge in [0.2, 0.25) is 0 Å². The third kappa shape index (κ3) is 3.27. The Morgan fingerprint density at radius 1 is 0.763 bits per heavy atom. The predicted molar refractivity (Wildman–Crippen MR) is 153 cm³/mol. The Labute approximate surface area is 224 Å². The zero-order chi connectivity index (χ0) is 25.7. The van der Waals surface area contributed by atoms with Crippen LogP contribution in [0.5, 0.6) is 0 Å². The zero-order valence-corrected chi connectivity index (χ0v) is 21.7. The second-order valence-corrected chi connectivity index (χ2v) is 10.8. The van der Waals surface area contributed by atoms with Gasteiger partial charge < -0.3 is 9.84 Å². The van der Waals surface area contributed by atoms with Gasteiger partial charge in [0.05, 0.1) is 12.0 Å². The van der Waals surface area contributed by atoms with Crippen molar-refractivity contribution in [2.24, 2.45) is 0 Å². The number of hydrogen-bond acceptors (Lipinski definition) is 2. The molecule has 0 bridgehead atoms. The normalized spacial score (nSPS) is 22.7. The van der Waals surface area contributed by atoms with Gasteiger partial charge in [0.25, 0.3) is 0 Å². The van der Waals surface area contributed by atoms with Gasteiger partial charge in [-0.15, -0.1) is 0 Å². The summed E-state index contributed by atoms with van der Waals surface area (Å²) in [4.78, 5) is 0. The molecule has 1 heterocycles. The molecule has 2 heteroatoms. The van der Waals surface area contributed by atoms with Crippen LogP contribution in [0.1, 0.15) is 65.7 Å². The van der Waals surface area contributed by atoms with Gasteiger partial charge in [-0.2, -0.15) is 0 Å². The molecule has 0 radical (unpaired) electrons. The number of rotatable bonds is 5. The molecule has 0 saturated heterocycles. The van der Waals surface area contributed by atoms with Crippen LogP contribution in [0, 0.1) is 0 Å². The van der Waals surface area contributed by atoms with E-state index in [1.54, 1.807) is 0 Å². The molecule has 38 heavy (non-hydrogen) atoms. The van der Waals surface area contributed by atoms with Crippen molar-refractivity contribution in [3.05, 3.63) is 160 Å². The van der Waals surface area contributed by atoms with E-state index in [9.17, 15) is 5.11 Å². The third-order valence-corrected chi connectivity index (χ3v) is 8.74. The number of benzene rings is 4. The second-order valence-electron chi connectivity index (χ2n) is 10.8. The van der Waals surface area contributed by atoms with Gasteiger partial charge in [-0.3, -0.25) is 0 Å². The number of unbranched alkanes of at least 4 members (excludes halogenated alkanes) is 1. The number of fused-ring (bicyclic) bond motifs is 7. The molecule has 7 rings (SSSR count). The van der Waals surface area contributed by atoms with Crippen molar-refractivity contribution in [2.45, 2.75) is 43.3 Å². The first-order chi connectivity index (χ1) is 18.7. The highest BCUT2D eigenvalue weighted by molar-refractivity contribution is 5.95. The Bertz CT molecular complexity index is 1520. The topological polar surface area (TPSA) is 29.5 Å². The van der Waals surface area contributed by atoms with E-state index in [1.807, 2.05) is 0 Å². The van der Waals surface area contributed by atoms with Crippen molar-refractivity contribution in [2.75, 3.05) is 6.61 Å². The fourth-order valence-corrected chi connectivity index (χ4v) is 6.97. The van der Waals surface area contributed by atoms with Crippen LogP contribution in [0.15, 0.2) is 126 Å². The van der Waals surface area contributed by atoms with Crippen LogP contribution in [-0.4, -0.2) is 11.7 Å². The molecule has 2 unspecified atom stereocenters. The van der Waals surface area contributed by atoms with Crippen LogP contribution in [-0.2, 0) is 15.8 Å². The Kier molecular flexibility index (Phi) is 5.51. The highest BCUT2D eigenvalue weighted by Gasteiger charge is 2.52.